The van der Waals surface area contributed by atoms with E-state index in [1.54, 1.807) is 0 Å². The minimum Gasteiger partial charge on any atom is -0.380 e. The minimum atomic E-state index is -3.82. The van der Waals surface area contributed by atoms with Crippen molar-refractivity contribution in [1.82, 2.24) is 4.72 Å². The SMILES string of the molecule is COC1CCCC1NS(=O)(=O)c1cc([N+](=O)[O-])c(Cl)s1. The molecule has 1 heterocycles. The topological polar surface area (TPSA) is 98.5 Å². The highest BCUT2D eigenvalue weighted by Gasteiger charge is 2.33. The zero-order valence-corrected chi connectivity index (χ0v) is 12.9. The van der Waals surface area contributed by atoms with Gasteiger partial charge in [-0.2, -0.15) is 0 Å². The van der Waals surface area contributed by atoms with Crippen LogP contribution in [0.2, 0.25) is 4.34 Å². The second-order valence-electron chi connectivity index (χ2n) is 4.41. The predicted molar refractivity (Wildman–Crippen MR) is 74.7 cm³/mol. The molecule has 0 aromatic carbocycles. The molecular formula is C10H13ClN2O5S2. The van der Waals surface area contributed by atoms with E-state index in [1.807, 2.05) is 0 Å². The zero-order valence-electron chi connectivity index (χ0n) is 10.5. The van der Waals surface area contributed by atoms with Gasteiger partial charge >= 0.3 is 0 Å². The molecule has 1 aromatic heterocycles. The Balaban J connectivity index is 2.22. The van der Waals surface area contributed by atoms with Crippen LogP contribution >= 0.6 is 22.9 Å². The highest BCUT2D eigenvalue weighted by Crippen LogP contribution is 2.36. The van der Waals surface area contributed by atoms with Gasteiger partial charge in [-0.1, -0.05) is 11.6 Å². The van der Waals surface area contributed by atoms with Gasteiger partial charge in [-0.25, -0.2) is 13.1 Å². The lowest BCUT2D eigenvalue weighted by molar-refractivity contribution is -0.384. The third kappa shape index (κ3) is 3.12. The fourth-order valence-corrected chi connectivity index (χ4v) is 5.18. The maximum Gasteiger partial charge on any atom is 0.300 e. The Kier molecular flexibility index (Phi) is 4.65. The molecule has 1 fully saturated rings. The number of thiophene rings is 1. The van der Waals surface area contributed by atoms with Crippen molar-refractivity contribution in [3.63, 3.8) is 0 Å². The van der Waals surface area contributed by atoms with Gasteiger partial charge in [-0.05, 0) is 19.3 Å². The molecule has 2 unspecified atom stereocenters. The van der Waals surface area contributed by atoms with Crippen LogP contribution in [0.15, 0.2) is 10.3 Å². The van der Waals surface area contributed by atoms with E-state index in [4.69, 9.17) is 16.3 Å². The smallest absolute Gasteiger partial charge is 0.300 e. The summed E-state index contributed by atoms with van der Waals surface area (Å²) in [6, 6.07) is 0.663. The maximum absolute atomic E-state index is 12.2. The molecule has 0 amide bonds. The van der Waals surface area contributed by atoms with Gasteiger partial charge in [0.1, 0.15) is 4.21 Å². The summed E-state index contributed by atoms with van der Waals surface area (Å²) in [5.74, 6) is 0. The Morgan fingerprint density at radius 1 is 1.55 bits per heavy atom. The van der Waals surface area contributed by atoms with Crippen LogP contribution in [0.1, 0.15) is 19.3 Å². The third-order valence-corrected chi connectivity index (χ3v) is 6.47. The zero-order chi connectivity index (χ0) is 14.9. The molecule has 0 bridgehead atoms. The number of nitro groups is 1. The second-order valence-corrected chi connectivity index (χ2v) is 8.01. The van der Waals surface area contributed by atoms with Crippen LogP contribution < -0.4 is 4.72 Å². The van der Waals surface area contributed by atoms with Crippen LogP contribution in [-0.2, 0) is 14.8 Å². The van der Waals surface area contributed by atoms with Crippen molar-refractivity contribution in [3.8, 4) is 0 Å². The van der Waals surface area contributed by atoms with Crippen molar-refractivity contribution in [1.29, 1.82) is 0 Å². The molecule has 112 valence electrons. The molecule has 1 aliphatic rings. The van der Waals surface area contributed by atoms with Gasteiger partial charge in [0.15, 0.2) is 4.34 Å². The van der Waals surface area contributed by atoms with Gasteiger partial charge in [-0.3, -0.25) is 10.1 Å². The van der Waals surface area contributed by atoms with Crippen molar-refractivity contribution in [2.45, 2.75) is 35.6 Å². The Hall–Kier alpha value is -0.740. The molecule has 0 saturated heterocycles. The maximum atomic E-state index is 12.2. The van der Waals surface area contributed by atoms with E-state index in [2.05, 4.69) is 4.72 Å². The number of hydrogen-bond acceptors (Lipinski definition) is 6. The molecule has 1 aromatic rings. The molecule has 0 radical (unpaired) electrons. The molecule has 1 N–H and O–H groups in total. The van der Waals surface area contributed by atoms with E-state index in [0.717, 1.165) is 18.9 Å². The highest BCUT2D eigenvalue weighted by molar-refractivity contribution is 7.91. The summed E-state index contributed by atoms with van der Waals surface area (Å²) in [7, 11) is -2.29. The number of hydrogen-bond donors (Lipinski definition) is 1. The van der Waals surface area contributed by atoms with Crippen LogP contribution in [-0.4, -0.2) is 32.6 Å². The van der Waals surface area contributed by atoms with E-state index >= 15 is 0 Å². The number of ether oxygens (including phenoxy) is 1. The number of rotatable bonds is 5. The molecule has 1 saturated carbocycles. The molecule has 2 rings (SSSR count). The summed E-state index contributed by atoms with van der Waals surface area (Å²) in [6.07, 6.45) is 2.17. The predicted octanol–water partition coefficient (Wildman–Crippen LogP) is 2.16. The number of methoxy groups -OCH3 is 1. The normalized spacial score (nSPS) is 23.1. The average Bonchev–Trinajstić information content (AvgIpc) is 2.95. The van der Waals surface area contributed by atoms with E-state index < -0.39 is 20.6 Å². The molecule has 0 aliphatic heterocycles. The molecule has 1 aliphatic carbocycles. The van der Waals surface area contributed by atoms with Crippen molar-refractivity contribution in [2.24, 2.45) is 0 Å². The molecule has 20 heavy (non-hydrogen) atoms. The Morgan fingerprint density at radius 3 is 2.80 bits per heavy atom. The van der Waals surface area contributed by atoms with Crippen LogP contribution in [0.5, 0.6) is 0 Å². The molecular weight excluding hydrogens is 328 g/mol. The van der Waals surface area contributed by atoms with Gasteiger partial charge in [-0.15, -0.1) is 11.3 Å². The summed E-state index contributed by atoms with van der Waals surface area (Å²) in [4.78, 5) is 9.99. The fourth-order valence-electron chi connectivity index (χ4n) is 2.20. The van der Waals surface area contributed by atoms with Crippen LogP contribution in [0.25, 0.3) is 0 Å². The van der Waals surface area contributed by atoms with Gasteiger partial charge < -0.3 is 4.74 Å². The largest absolute Gasteiger partial charge is 0.380 e. The average molecular weight is 341 g/mol. The summed E-state index contributed by atoms with van der Waals surface area (Å²) < 4.78 is 31.8. The molecule has 0 spiro atoms. The summed E-state index contributed by atoms with van der Waals surface area (Å²) in [5.41, 5.74) is -0.397. The third-order valence-electron chi connectivity index (χ3n) is 3.17. The van der Waals surface area contributed by atoms with Crippen molar-refractivity contribution < 1.29 is 18.1 Å². The number of nitrogens with one attached hydrogen (secondary N) is 1. The number of halogens is 1. The van der Waals surface area contributed by atoms with Crippen molar-refractivity contribution in [2.75, 3.05) is 7.11 Å². The first-order chi connectivity index (χ1) is 9.35. The first-order valence-corrected chi connectivity index (χ1v) is 8.51. The summed E-state index contributed by atoms with van der Waals surface area (Å²) >= 11 is 6.35. The Morgan fingerprint density at radius 2 is 2.25 bits per heavy atom. The van der Waals surface area contributed by atoms with Crippen molar-refractivity contribution in [3.05, 3.63) is 20.5 Å². The summed E-state index contributed by atoms with van der Waals surface area (Å²) in [5, 5.41) is 10.7. The Labute approximate surface area is 125 Å². The van der Waals surface area contributed by atoms with E-state index in [-0.39, 0.29) is 20.7 Å². The van der Waals surface area contributed by atoms with E-state index in [1.165, 1.54) is 7.11 Å². The lowest BCUT2D eigenvalue weighted by Gasteiger charge is -2.18. The standard InChI is InChI=1S/C10H13ClN2O5S2/c1-18-8-4-2-3-6(8)12-20(16,17)9-5-7(13(14)15)10(11)19-9/h5-6,8,12H,2-4H2,1H3. The first-order valence-electron chi connectivity index (χ1n) is 5.84. The van der Waals surface area contributed by atoms with E-state index in [0.29, 0.717) is 17.8 Å². The highest BCUT2D eigenvalue weighted by atomic mass is 35.5. The number of nitrogens with zero attached hydrogens (tertiary/aromatic N) is 1. The molecule has 10 heteroatoms. The first kappa shape index (κ1) is 15.6. The molecule has 2 atom stereocenters. The second kappa shape index (κ2) is 5.94. The lowest BCUT2D eigenvalue weighted by Crippen LogP contribution is -2.40. The molecule has 7 nitrogen and oxygen atoms in total. The van der Waals surface area contributed by atoms with Crippen LogP contribution in [0.4, 0.5) is 5.69 Å². The fraction of sp³-hybridized carbons (Fsp3) is 0.600. The number of sulfonamides is 1. The van der Waals surface area contributed by atoms with Gasteiger partial charge in [0, 0.05) is 19.2 Å². The van der Waals surface area contributed by atoms with Gasteiger partial charge in [0.05, 0.1) is 11.0 Å². The van der Waals surface area contributed by atoms with Gasteiger partial charge in [0.2, 0.25) is 0 Å². The Bertz CT molecular complexity index is 615. The monoisotopic (exact) mass is 340 g/mol. The van der Waals surface area contributed by atoms with Gasteiger partial charge in [0.25, 0.3) is 15.7 Å². The van der Waals surface area contributed by atoms with Crippen LogP contribution in [0.3, 0.4) is 0 Å². The van der Waals surface area contributed by atoms with E-state index in [9.17, 15) is 18.5 Å². The van der Waals surface area contributed by atoms with Crippen molar-refractivity contribution >= 4 is 38.6 Å². The summed E-state index contributed by atoms with van der Waals surface area (Å²) in [6.45, 7) is 0. The quantitative estimate of drug-likeness (QED) is 0.654. The minimum absolute atomic E-state index is 0.148. The lowest BCUT2D eigenvalue weighted by atomic mass is 10.2. The van der Waals surface area contributed by atoms with Crippen LogP contribution in [0, 0.1) is 10.1 Å².